The zero-order valence-electron chi connectivity index (χ0n) is 9.83. The first-order chi connectivity index (χ1) is 8.82. The normalized spacial score (nSPS) is 11.7. The van der Waals surface area contributed by atoms with Gasteiger partial charge in [-0.2, -0.15) is 13.2 Å². The summed E-state index contributed by atoms with van der Waals surface area (Å²) in [5.74, 6) is -1.16. The van der Waals surface area contributed by atoms with Crippen molar-refractivity contribution in [1.82, 2.24) is 25.0 Å². The number of nitrogens with one attached hydrogen (secondary N) is 1. The summed E-state index contributed by atoms with van der Waals surface area (Å²) >= 11 is 3.12. The summed E-state index contributed by atoms with van der Waals surface area (Å²) < 4.78 is 39.8. The van der Waals surface area contributed by atoms with Crippen molar-refractivity contribution >= 4 is 21.7 Å². The van der Waals surface area contributed by atoms with E-state index in [2.05, 4.69) is 41.5 Å². The van der Waals surface area contributed by atoms with Crippen LogP contribution in [0.1, 0.15) is 5.82 Å². The maximum Gasteiger partial charge on any atom is 0.451 e. The summed E-state index contributed by atoms with van der Waals surface area (Å²) in [5.41, 5.74) is 0.412. The van der Waals surface area contributed by atoms with E-state index in [1.165, 1.54) is 17.8 Å². The molecular weight excluding hydrogens is 329 g/mol. The lowest BCUT2D eigenvalue weighted by molar-refractivity contribution is -0.144. The summed E-state index contributed by atoms with van der Waals surface area (Å²) in [5, 5.41) is 9.97. The van der Waals surface area contributed by atoms with Gasteiger partial charge in [0.1, 0.15) is 11.5 Å². The average molecular weight is 337 g/mol. The molecule has 0 saturated heterocycles. The molecule has 0 radical (unpaired) electrons. The Morgan fingerprint density at radius 3 is 2.47 bits per heavy atom. The van der Waals surface area contributed by atoms with Crippen LogP contribution in [0.3, 0.4) is 0 Å². The van der Waals surface area contributed by atoms with E-state index in [9.17, 15) is 13.2 Å². The molecule has 2 heterocycles. The molecule has 0 saturated carbocycles. The van der Waals surface area contributed by atoms with Crippen LogP contribution in [0.15, 0.2) is 10.7 Å². The largest absolute Gasteiger partial charge is 0.451 e. The van der Waals surface area contributed by atoms with Gasteiger partial charge in [0, 0.05) is 20.2 Å². The Bertz CT molecular complexity index is 589. The highest BCUT2D eigenvalue weighted by molar-refractivity contribution is 9.10. The minimum Gasteiger partial charge on any atom is -0.373 e. The van der Waals surface area contributed by atoms with E-state index in [1.54, 1.807) is 7.05 Å². The summed E-state index contributed by atoms with van der Waals surface area (Å²) in [6.07, 6.45) is -4.62. The van der Waals surface area contributed by atoms with Gasteiger partial charge >= 0.3 is 6.18 Å². The Morgan fingerprint density at radius 2 is 2.00 bits per heavy atom. The minimum absolute atomic E-state index is 0.0606. The van der Waals surface area contributed by atoms with E-state index in [4.69, 9.17) is 0 Å². The Kier molecular flexibility index (Phi) is 3.43. The number of halogens is 4. The van der Waals surface area contributed by atoms with Crippen molar-refractivity contribution in [2.45, 2.75) is 6.18 Å². The number of anilines is 1. The number of alkyl halides is 3. The van der Waals surface area contributed by atoms with Gasteiger partial charge in [-0.05, 0) is 15.9 Å². The molecular formula is C9H8BrF3N6. The van der Waals surface area contributed by atoms with Gasteiger partial charge < -0.3 is 5.32 Å². The third kappa shape index (κ3) is 2.67. The topological polar surface area (TPSA) is 68.5 Å². The predicted molar refractivity (Wildman–Crippen MR) is 64.3 cm³/mol. The van der Waals surface area contributed by atoms with Crippen molar-refractivity contribution in [1.29, 1.82) is 0 Å². The van der Waals surface area contributed by atoms with Gasteiger partial charge in [-0.1, -0.05) is 5.21 Å². The lowest BCUT2D eigenvalue weighted by atomic mass is 10.3. The van der Waals surface area contributed by atoms with E-state index in [0.717, 1.165) is 0 Å². The van der Waals surface area contributed by atoms with Gasteiger partial charge in [0.15, 0.2) is 4.60 Å². The Hall–Kier alpha value is -1.71. The summed E-state index contributed by atoms with van der Waals surface area (Å²) in [6.45, 7) is 0. The molecule has 2 rings (SSSR count). The molecule has 0 amide bonds. The van der Waals surface area contributed by atoms with Gasteiger partial charge in [0.25, 0.3) is 0 Å². The molecule has 1 N–H and O–H groups in total. The van der Waals surface area contributed by atoms with Crippen molar-refractivity contribution in [2.24, 2.45) is 7.05 Å². The summed E-state index contributed by atoms with van der Waals surface area (Å²) in [4.78, 5) is 6.89. The highest BCUT2D eigenvalue weighted by Gasteiger charge is 2.35. The molecule has 0 fully saturated rings. The third-order valence-corrected chi connectivity index (χ3v) is 2.80. The standard InChI is InChI=1S/C9H8BrF3N6/c1-14-5-3-4(6-7(10)17-18-19(6)2)15-8(16-5)9(11,12)13/h3H,1-2H3,(H,14,15,16). The zero-order chi connectivity index (χ0) is 14.2. The van der Waals surface area contributed by atoms with Gasteiger partial charge in [-0.15, -0.1) is 5.10 Å². The molecule has 0 aromatic carbocycles. The van der Waals surface area contributed by atoms with Crippen LogP contribution in [-0.2, 0) is 13.2 Å². The molecule has 0 aliphatic heterocycles. The van der Waals surface area contributed by atoms with E-state index >= 15 is 0 Å². The Labute approximate surface area is 114 Å². The highest BCUT2D eigenvalue weighted by atomic mass is 79.9. The first-order valence-electron chi connectivity index (χ1n) is 5.02. The maximum atomic E-state index is 12.7. The summed E-state index contributed by atoms with van der Waals surface area (Å²) in [6, 6.07) is 1.39. The average Bonchev–Trinajstić information content (AvgIpc) is 2.67. The number of aromatic nitrogens is 5. The maximum absolute atomic E-state index is 12.7. The third-order valence-electron chi connectivity index (χ3n) is 2.26. The molecule has 0 spiro atoms. The van der Waals surface area contributed by atoms with Crippen LogP contribution in [0, 0.1) is 0 Å². The number of hydrogen-bond acceptors (Lipinski definition) is 5. The van der Waals surface area contributed by atoms with Crippen LogP contribution >= 0.6 is 15.9 Å². The lowest BCUT2D eigenvalue weighted by Gasteiger charge is -2.10. The van der Waals surface area contributed by atoms with E-state index in [-0.39, 0.29) is 11.5 Å². The van der Waals surface area contributed by atoms with E-state index in [1.807, 2.05) is 0 Å². The monoisotopic (exact) mass is 336 g/mol. The van der Waals surface area contributed by atoms with Crippen molar-refractivity contribution in [3.05, 3.63) is 16.5 Å². The van der Waals surface area contributed by atoms with Crippen LogP contribution in [-0.4, -0.2) is 32.0 Å². The lowest BCUT2D eigenvalue weighted by Crippen LogP contribution is -2.13. The van der Waals surface area contributed by atoms with Crippen molar-refractivity contribution in [3.63, 3.8) is 0 Å². The number of rotatable bonds is 2. The van der Waals surface area contributed by atoms with Crippen LogP contribution < -0.4 is 5.32 Å². The van der Waals surface area contributed by atoms with Crippen molar-refractivity contribution in [3.8, 4) is 11.4 Å². The van der Waals surface area contributed by atoms with Crippen LogP contribution in [0.5, 0.6) is 0 Å². The fourth-order valence-corrected chi connectivity index (χ4v) is 1.96. The smallest absolute Gasteiger partial charge is 0.373 e. The number of nitrogens with zero attached hydrogens (tertiary/aromatic N) is 5. The van der Waals surface area contributed by atoms with Crippen molar-refractivity contribution < 1.29 is 13.2 Å². The second-order valence-corrected chi connectivity index (χ2v) is 4.31. The molecule has 0 aliphatic rings. The summed E-state index contributed by atoms with van der Waals surface area (Å²) in [7, 11) is 3.03. The molecule has 2 aromatic rings. The molecule has 2 aromatic heterocycles. The molecule has 10 heteroatoms. The Balaban J connectivity index is 2.64. The number of aryl methyl sites for hydroxylation is 1. The van der Waals surface area contributed by atoms with Crippen molar-refractivity contribution in [2.75, 3.05) is 12.4 Å². The molecule has 0 bridgehead atoms. The van der Waals surface area contributed by atoms with Crippen LogP contribution in [0.2, 0.25) is 0 Å². The predicted octanol–water partition coefficient (Wildman–Crippen LogP) is 2.10. The van der Waals surface area contributed by atoms with Gasteiger partial charge in [-0.25, -0.2) is 14.6 Å². The fourth-order valence-electron chi connectivity index (χ4n) is 1.43. The fraction of sp³-hybridized carbons (Fsp3) is 0.333. The second-order valence-electron chi connectivity index (χ2n) is 3.56. The number of hydrogen-bond donors (Lipinski definition) is 1. The molecule has 102 valence electrons. The minimum atomic E-state index is -4.62. The molecule has 19 heavy (non-hydrogen) atoms. The second kappa shape index (κ2) is 4.76. The van der Waals surface area contributed by atoms with E-state index in [0.29, 0.717) is 10.3 Å². The van der Waals surface area contributed by atoms with Crippen LogP contribution in [0.25, 0.3) is 11.4 Å². The Morgan fingerprint density at radius 1 is 1.32 bits per heavy atom. The first kappa shape index (κ1) is 13.7. The van der Waals surface area contributed by atoms with E-state index < -0.39 is 12.0 Å². The quantitative estimate of drug-likeness (QED) is 0.909. The highest BCUT2D eigenvalue weighted by Crippen LogP contribution is 2.31. The molecule has 0 atom stereocenters. The zero-order valence-corrected chi connectivity index (χ0v) is 11.4. The van der Waals surface area contributed by atoms with Gasteiger partial charge in [0.05, 0.1) is 5.69 Å². The molecule has 0 aliphatic carbocycles. The van der Waals surface area contributed by atoms with Crippen LogP contribution in [0.4, 0.5) is 19.0 Å². The first-order valence-corrected chi connectivity index (χ1v) is 5.82. The van der Waals surface area contributed by atoms with Gasteiger partial charge in [-0.3, -0.25) is 0 Å². The molecule has 6 nitrogen and oxygen atoms in total. The SMILES string of the molecule is CNc1cc(-c2c(Br)nnn2C)nc(C(F)(F)F)n1. The van der Waals surface area contributed by atoms with Gasteiger partial charge in [0.2, 0.25) is 5.82 Å². The molecule has 0 unspecified atom stereocenters.